The van der Waals surface area contributed by atoms with Crippen molar-refractivity contribution in [1.82, 2.24) is 10.3 Å². The summed E-state index contributed by atoms with van der Waals surface area (Å²) >= 11 is 1.49. The van der Waals surface area contributed by atoms with E-state index in [1.165, 1.54) is 30.6 Å². The first kappa shape index (κ1) is 26.3. The lowest BCUT2D eigenvalue weighted by atomic mass is 9.97. The number of thiazole rings is 1. The molecule has 2 atom stereocenters. The fourth-order valence-electron chi connectivity index (χ4n) is 3.48. The normalized spacial score (nSPS) is 13.0. The van der Waals surface area contributed by atoms with Crippen molar-refractivity contribution in [3.05, 3.63) is 81.8 Å². The predicted molar refractivity (Wildman–Crippen MR) is 132 cm³/mol. The van der Waals surface area contributed by atoms with Crippen LogP contribution in [0, 0.1) is 5.92 Å². The first-order chi connectivity index (χ1) is 16.7. The zero-order valence-corrected chi connectivity index (χ0v) is 21.0. The number of aromatic nitrogens is 1. The number of carbonyl (C=O) groups excluding carboxylic acids is 2. The van der Waals surface area contributed by atoms with Gasteiger partial charge in [-0.2, -0.15) is 13.6 Å². The van der Waals surface area contributed by atoms with Gasteiger partial charge >= 0.3 is 16.3 Å². The third-order valence-corrected chi connectivity index (χ3v) is 6.64. The lowest BCUT2D eigenvalue weighted by molar-refractivity contribution is -0.150. The molecule has 35 heavy (non-hydrogen) atoms. The summed E-state index contributed by atoms with van der Waals surface area (Å²) in [6.07, 6.45) is 1.31. The maximum absolute atomic E-state index is 13.3. The van der Waals surface area contributed by atoms with E-state index in [2.05, 4.69) is 14.5 Å². The standard InChI is InChI=1S/C24H27N3O6S2/c1-3-22-26-21(15-34-22)20(14-17-9-11-18(12-10-17)33-35(25,30)31)27-23(28)19(24(29)32-2)13-16-7-5-4-6-8-16/h4-12,15,19-20H,3,13-14H2,1-2H3,(H,27,28)(H2,25,30,31). The molecule has 3 N–H and O–H groups in total. The summed E-state index contributed by atoms with van der Waals surface area (Å²) in [5, 5.41) is 10.7. The van der Waals surface area contributed by atoms with Crippen molar-refractivity contribution >= 4 is 33.5 Å². The van der Waals surface area contributed by atoms with Crippen LogP contribution in [0.5, 0.6) is 5.75 Å². The van der Waals surface area contributed by atoms with Crippen LogP contribution in [-0.2, 0) is 43.9 Å². The smallest absolute Gasteiger partial charge is 0.380 e. The van der Waals surface area contributed by atoms with Crippen molar-refractivity contribution in [1.29, 1.82) is 0 Å². The molecule has 0 saturated heterocycles. The van der Waals surface area contributed by atoms with Crippen molar-refractivity contribution in [2.45, 2.75) is 32.2 Å². The van der Waals surface area contributed by atoms with Crippen molar-refractivity contribution in [2.75, 3.05) is 7.11 Å². The quantitative estimate of drug-likeness (QED) is 0.295. The SMILES string of the molecule is CCc1nc(C(Cc2ccc(OS(N)(=O)=O)cc2)NC(=O)C(Cc2ccccc2)C(=O)OC)cs1. The van der Waals surface area contributed by atoms with E-state index < -0.39 is 34.1 Å². The fraction of sp³-hybridized carbons (Fsp3) is 0.292. The predicted octanol–water partition coefficient (Wildman–Crippen LogP) is 2.72. The molecule has 0 bridgehead atoms. The highest BCUT2D eigenvalue weighted by Gasteiger charge is 2.30. The van der Waals surface area contributed by atoms with Gasteiger partial charge in [-0.25, -0.2) is 4.98 Å². The summed E-state index contributed by atoms with van der Waals surface area (Å²) in [4.78, 5) is 30.4. The lowest BCUT2D eigenvalue weighted by Gasteiger charge is -2.21. The highest BCUT2D eigenvalue weighted by Crippen LogP contribution is 2.24. The zero-order chi connectivity index (χ0) is 25.4. The molecule has 0 fully saturated rings. The first-order valence-corrected chi connectivity index (χ1v) is 13.2. The lowest BCUT2D eigenvalue weighted by Crippen LogP contribution is -2.40. The van der Waals surface area contributed by atoms with Gasteiger partial charge in [0.2, 0.25) is 5.91 Å². The largest absolute Gasteiger partial charge is 0.468 e. The van der Waals surface area contributed by atoms with Crippen LogP contribution in [-0.4, -0.2) is 32.4 Å². The van der Waals surface area contributed by atoms with Crippen LogP contribution in [0.15, 0.2) is 60.0 Å². The number of nitrogens with two attached hydrogens (primary N) is 1. The topological polar surface area (TPSA) is 138 Å². The molecule has 3 rings (SSSR count). The Morgan fingerprint density at radius 2 is 1.71 bits per heavy atom. The Kier molecular flexibility index (Phi) is 8.96. The van der Waals surface area contributed by atoms with E-state index in [0.29, 0.717) is 12.1 Å². The van der Waals surface area contributed by atoms with Gasteiger partial charge < -0.3 is 14.2 Å². The van der Waals surface area contributed by atoms with E-state index in [-0.39, 0.29) is 12.2 Å². The van der Waals surface area contributed by atoms with Crippen LogP contribution in [0.2, 0.25) is 0 Å². The average molecular weight is 518 g/mol. The molecule has 3 aromatic rings. The number of nitrogens with zero attached hydrogens (tertiary/aromatic N) is 1. The molecule has 186 valence electrons. The summed E-state index contributed by atoms with van der Waals surface area (Å²) in [5.41, 5.74) is 2.30. The second-order valence-electron chi connectivity index (χ2n) is 7.77. The monoisotopic (exact) mass is 517 g/mol. The Morgan fingerprint density at radius 3 is 2.29 bits per heavy atom. The van der Waals surface area contributed by atoms with Gasteiger partial charge in [0.25, 0.3) is 0 Å². The molecule has 0 aliphatic heterocycles. The van der Waals surface area contributed by atoms with Crippen LogP contribution in [0.4, 0.5) is 0 Å². The number of methoxy groups -OCH3 is 1. The van der Waals surface area contributed by atoms with Crippen LogP contribution < -0.4 is 14.6 Å². The number of hydrogen-bond acceptors (Lipinski definition) is 8. The van der Waals surface area contributed by atoms with Crippen LogP contribution in [0.3, 0.4) is 0 Å². The molecule has 2 unspecified atom stereocenters. The highest BCUT2D eigenvalue weighted by molar-refractivity contribution is 7.84. The number of hydrogen-bond donors (Lipinski definition) is 2. The molecule has 9 nitrogen and oxygen atoms in total. The maximum Gasteiger partial charge on any atom is 0.380 e. The molecule has 0 radical (unpaired) electrons. The number of rotatable bonds is 11. The third-order valence-electron chi connectivity index (χ3n) is 5.21. The minimum absolute atomic E-state index is 0.0763. The summed E-state index contributed by atoms with van der Waals surface area (Å²) in [6.45, 7) is 1.99. The van der Waals surface area contributed by atoms with Gasteiger partial charge in [0, 0.05) is 5.38 Å². The van der Waals surface area contributed by atoms with Crippen LogP contribution in [0.1, 0.15) is 34.8 Å². The van der Waals surface area contributed by atoms with E-state index in [9.17, 15) is 18.0 Å². The number of carbonyl (C=O) groups is 2. The Labute approximate surface area is 208 Å². The van der Waals surface area contributed by atoms with Gasteiger partial charge in [-0.15, -0.1) is 11.3 Å². The van der Waals surface area contributed by atoms with E-state index >= 15 is 0 Å². The van der Waals surface area contributed by atoms with E-state index in [4.69, 9.17) is 9.88 Å². The van der Waals surface area contributed by atoms with Crippen molar-refractivity contribution in [3.8, 4) is 5.75 Å². The summed E-state index contributed by atoms with van der Waals surface area (Å²) < 4.78 is 31.8. The molecular formula is C24H27N3O6S2. The average Bonchev–Trinajstić information content (AvgIpc) is 3.32. The number of esters is 1. The Balaban J connectivity index is 1.83. The molecular weight excluding hydrogens is 490 g/mol. The minimum Gasteiger partial charge on any atom is -0.468 e. The van der Waals surface area contributed by atoms with E-state index in [1.54, 1.807) is 12.1 Å². The van der Waals surface area contributed by atoms with Gasteiger partial charge in [-0.05, 0) is 42.5 Å². The van der Waals surface area contributed by atoms with E-state index in [1.807, 2.05) is 42.6 Å². The molecule has 0 spiro atoms. The maximum atomic E-state index is 13.3. The Morgan fingerprint density at radius 1 is 1.06 bits per heavy atom. The molecule has 11 heteroatoms. The van der Waals surface area contributed by atoms with Crippen molar-refractivity contribution < 1.29 is 26.9 Å². The third kappa shape index (κ3) is 7.88. The van der Waals surface area contributed by atoms with Gasteiger partial charge in [0.1, 0.15) is 11.7 Å². The second kappa shape index (κ2) is 11.9. The fourth-order valence-corrected chi connectivity index (χ4v) is 4.65. The number of amides is 1. The molecule has 0 saturated carbocycles. The van der Waals surface area contributed by atoms with E-state index in [0.717, 1.165) is 22.6 Å². The zero-order valence-electron chi connectivity index (χ0n) is 19.3. The molecule has 1 aromatic heterocycles. The number of benzene rings is 2. The molecule has 1 amide bonds. The summed E-state index contributed by atoms with van der Waals surface area (Å²) in [7, 11) is -2.87. The summed E-state index contributed by atoms with van der Waals surface area (Å²) in [6, 6.07) is 15.0. The van der Waals surface area contributed by atoms with Crippen LogP contribution >= 0.6 is 11.3 Å². The van der Waals surface area contributed by atoms with Gasteiger partial charge in [-0.1, -0.05) is 49.4 Å². The first-order valence-electron chi connectivity index (χ1n) is 10.9. The summed E-state index contributed by atoms with van der Waals surface area (Å²) in [5.74, 6) is -2.04. The number of aryl methyl sites for hydroxylation is 1. The Hall–Kier alpha value is -3.28. The second-order valence-corrected chi connectivity index (χ2v) is 9.87. The molecule has 0 aliphatic rings. The van der Waals surface area contributed by atoms with Crippen LogP contribution in [0.25, 0.3) is 0 Å². The van der Waals surface area contributed by atoms with Gasteiger partial charge in [0.05, 0.1) is 23.9 Å². The Bertz CT molecular complexity index is 1240. The van der Waals surface area contributed by atoms with Gasteiger partial charge in [-0.3, -0.25) is 9.59 Å². The molecule has 0 aliphatic carbocycles. The number of nitrogens with one attached hydrogen (secondary N) is 1. The van der Waals surface area contributed by atoms with Crippen molar-refractivity contribution in [3.63, 3.8) is 0 Å². The number of ether oxygens (including phenoxy) is 1. The molecule has 2 aromatic carbocycles. The minimum atomic E-state index is -4.13. The molecule has 1 heterocycles. The highest BCUT2D eigenvalue weighted by atomic mass is 32.2. The van der Waals surface area contributed by atoms with Gasteiger partial charge in [0.15, 0.2) is 0 Å². The van der Waals surface area contributed by atoms with Crippen molar-refractivity contribution in [2.24, 2.45) is 11.1 Å².